The molecule has 44 heavy (non-hydrogen) atoms. The normalized spacial score (nSPS) is 12.7. The molecule has 0 bridgehead atoms. The van der Waals surface area contributed by atoms with E-state index in [9.17, 15) is 20.3 Å². The number of aliphatic hydroxyl groups is 1. The highest BCUT2D eigenvalue weighted by Gasteiger charge is 2.18. The van der Waals surface area contributed by atoms with E-state index in [2.05, 4.69) is 24.4 Å². The number of nitriles is 1. The van der Waals surface area contributed by atoms with Crippen LogP contribution in [0.3, 0.4) is 0 Å². The molecule has 1 aliphatic rings. The second-order valence-electron chi connectivity index (χ2n) is 10.5. The molecule has 0 aliphatic carbocycles. The molecule has 9 nitrogen and oxygen atoms in total. The fourth-order valence-electron chi connectivity index (χ4n) is 5.03. The van der Waals surface area contributed by atoms with Crippen molar-refractivity contribution in [3.05, 3.63) is 106 Å². The number of nitrogens with zero attached hydrogens (tertiary/aromatic N) is 1. The maximum Gasteiger partial charge on any atom is 0.323 e. The molecule has 4 aromatic carbocycles. The number of nitrogens with one attached hydrogen (secondary N) is 1. The van der Waals surface area contributed by atoms with Gasteiger partial charge in [0.25, 0.3) is 0 Å². The molecule has 226 valence electrons. The lowest BCUT2D eigenvalue weighted by atomic mass is 9.96. The maximum absolute atomic E-state index is 11.4. The third-order valence-corrected chi connectivity index (χ3v) is 7.51. The van der Waals surface area contributed by atoms with Gasteiger partial charge in [0.15, 0.2) is 11.5 Å². The standard InChI is InChI=1S/C35H34N2O7/c1-22-13-28(18-37-30(19-38)35(39)40)33(43-20-25-6-3-5-24(14-25)17-36)16-32(22)44-21-27-7-4-8-29(23(27)2)26-9-10-31-34(15-26)42-12-11-41-31/h3-10,13-16,30,37-38H,11-12,18-21H2,1-2H3,(H,39,40)/t30-/m0/s1. The number of aliphatic hydroxyl groups excluding tert-OH is 1. The van der Waals surface area contributed by atoms with Crippen molar-refractivity contribution in [3.8, 4) is 40.2 Å². The van der Waals surface area contributed by atoms with Crippen molar-refractivity contribution in [2.45, 2.75) is 39.6 Å². The number of rotatable bonds is 12. The predicted octanol–water partition coefficient (Wildman–Crippen LogP) is 5.31. The number of aliphatic carboxylic acids is 1. The van der Waals surface area contributed by atoms with Gasteiger partial charge in [-0.05, 0) is 77.6 Å². The van der Waals surface area contributed by atoms with Gasteiger partial charge in [-0.25, -0.2) is 0 Å². The Kier molecular flexibility index (Phi) is 9.65. The highest BCUT2D eigenvalue weighted by Crippen LogP contribution is 2.37. The van der Waals surface area contributed by atoms with Crippen molar-refractivity contribution < 1.29 is 34.0 Å². The number of aryl methyl sites for hydroxylation is 1. The van der Waals surface area contributed by atoms with Gasteiger partial charge in [-0.1, -0.05) is 36.4 Å². The Balaban J connectivity index is 1.37. The van der Waals surface area contributed by atoms with E-state index in [0.717, 1.165) is 44.9 Å². The van der Waals surface area contributed by atoms with Crippen LogP contribution in [0.15, 0.2) is 72.8 Å². The first kappa shape index (κ1) is 30.4. The van der Waals surface area contributed by atoms with Gasteiger partial charge in [0.1, 0.15) is 44.0 Å². The average Bonchev–Trinajstić information content (AvgIpc) is 3.04. The van der Waals surface area contributed by atoms with Crippen molar-refractivity contribution >= 4 is 5.97 Å². The maximum atomic E-state index is 11.4. The summed E-state index contributed by atoms with van der Waals surface area (Å²) in [6.45, 7) is 5.18. The smallest absolute Gasteiger partial charge is 0.323 e. The summed E-state index contributed by atoms with van der Waals surface area (Å²) in [7, 11) is 0. The number of fused-ring (bicyclic) bond motifs is 1. The van der Waals surface area contributed by atoms with Crippen LogP contribution in [0.2, 0.25) is 0 Å². The number of hydrogen-bond donors (Lipinski definition) is 3. The minimum absolute atomic E-state index is 0.156. The summed E-state index contributed by atoms with van der Waals surface area (Å²) >= 11 is 0. The zero-order valence-corrected chi connectivity index (χ0v) is 24.6. The van der Waals surface area contributed by atoms with E-state index in [1.807, 2.05) is 49.4 Å². The quantitative estimate of drug-likeness (QED) is 0.200. The highest BCUT2D eigenvalue weighted by molar-refractivity contribution is 5.73. The van der Waals surface area contributed by atoms with Gasteiger partial charge in [0.2, 0.25) is 0 Å². The molecule has 0 amide bonds. The molecule has 0 fully saturated rings. The number of carboxylic acids is 1. The highest BCUT2D eigenvalue weighted by atomic mass is 16.6. The molecule has 5 rings (SSSR count). The molecular weight excluding hydrogens is 560 g/mol. The van der Waals surface area contributed by atoms with Crippen LogP contribution in [-0.4, -0.2) is 42.0 Å². The minimum Gasteiger partial charge on any atom is -0.488 e. The van der Waals surface area contributed by atoms with Gasteiger partial charge in [-0.3, -0.25) is 10.1 Å². The third kappa shape index (κ3) is 7.11. The average molecular weight is 595 g/mol. The third-order valence-electron chi connectivity index (χ3n) is 7.51. The van der Waals surface area contributed by atoms with Gasteiger partial charge in [-0.2, -0.15) is 5.26 Å². The monoisotopic (exact) mass is 594 g/mol. The fourth-order valence-corrected chi connectivity index (χ4v) is 5.03. The zero-order valence-electron chi connectivity index (χ0n) is 24.6. The van der Waals surface area contributed by atoms with Crippen molar-refractivity contribution in [3.63, 3.8) is 0 Å². The number of carbonyl (C=O) groups is 1. The molecule has 0 radical (unpaired) electrons. The Labute approximate surface area is 256 Å². The van der Waals surface area contributed by atoms with Crippen LogP contribution in [0.1, 0.15) is 33.4 Å². The summed E-state index contributed by atoms with van der Waals surface area (Å²) in [5.41, 5.74) is 7.10. The van der Waals surface area contributed by atoms with Crippen LogP contribution in [0.5, 0.6) is 23.0 Å². The second kappa shape index (κ2) is 14.0. The van der Waals surface area contributed by atoms with E-state index in [-0.39, 0.29) is 13.2 Å². The Morgan fingerprint density at radius 1 is 0.932 bits per heavy atom. The van der Waals surface area contributed by atoms with E-state index < -0.39 is 18.6 Å². The summed E-state index contributed by atoms with van der Waals surface area (Å²) in [5, 5.41) is 30.9. The molecule has 1 heterocycles. The topological polar surface area (TPSA) is 130 Å². The molecule has 1 atom stereocenters. The lowest BCUT2D eigenvalue weighted by molar-refractivity contribution is -0.140. The van der Waals surface area contributed by atoms with E-state index in [1.165, 1.54) is 0 Å². The van der Waals surface area contributed by atoms with Crippen LogP contribution in [0.4, 0.5) is 0 Å². The molecule has 3 N–H and O–H groups in total. The molecule has 0 saturated heterocycles. The Morgan fingerprint density at radius 2 is 1.70 bits per heavy atom. The van der Waals surface area contributed by atoms with Gasteiger partial charge in [0, 0.05) is 18.2 Å². The van der Waals surface area contributed by atoms with Gasteiger partial charge >= 0.3 is 5.97 Å². The molecule has 0 spiro atoms. The number of hydrogen-bond acceptors (Lipinski definition) is 8. The first-order valence-corrected chi connectivity index (χ1v) is 14.3. The predicted molar refractivity (Wildman–Crippen MR) is 164 cm³/mol. The van der Waals surface area contributed by atoms with Crippen LogP contribution in [-0.2, 0) is 24.6 Å². The molecule has 0 aromatic heterocycles. The minimum atomic E-state index is -1.14. The van der Waals surface area contributed by atoms with E-state index >= 15 is 0 Å². The molecule has 1 aliphatic heterocycles. The lowest BCUT2D eigenvalue weighted by Crippen LogP contribution is -2.39. The van der Waals surface area contributed by atoms with Crippen LogP contribution in [0.25, 0.3) is 11.1 Å². The van der Waals surface area contributed by atoms with Crippen LogP contribution < -0.4 is 24.3 Å². The van der Waals surface area contributed by atoms with Crippen LogP contribution >= 0.6 is 0 Å². The second-order valence-corrected chi connectivity index (χ2v) is 10.5. The van der Waals surface area contributed by atoms with Crippen molar-refractivity contribution in [2.75, 3.05) is 19.8 Å². The number of carboxylic acid groups (broad SMARTS) is 1. The first-order chi connectivity index (χ1) is 21.4. The summed E-state index contributed by atoms with van der Waals surface area (Å²) in [6.07, 6.45) is 0. The van der Waals surface area contributed by atoms with E-state index in [1.54, 1.807) is 24.3 Å². The van der Waals surface area contributed by atoms with Crippen molar-refractivity contribution in [2.24, 2.45) is 0 Å². The SMILES string of the molecule is Cc1cc(CN[C@@H](CO)C(=O)O)c(OCc2cccc(C#N)c2)cc1OCc1cccc(-c2ccc3c(c2)OCCO3)c1C. The molecular formula is C35H34N2O7. The molecule has 0 unspecified atom stereocenters. The molecule has 0 saturated carbocycles. The number of benzene rings is 4. The van der Waals surface area contributed by atoms with Crippen molar-refractivity contribution in [1.29, 1.82) is 5.26 Å². The van der Waals surface area contributed by atoms with E-state index in [4.69, 9.17) is 18.9 Å². The van der Waals surface area contributed by atoms with E-state index in [0.29, 0.717) is 42.4 Å². The zero-order chi connectivity index (χ0) is 31.1. The Hall–Kier alpha value is -5.04. The first-order valence-electron chi connectivity index (χ1n) is 14.3. The summed E-state index contributed by atoms with van der Waals surface area (Å²) in [6, 6.07) is 23.9. The molecule has 9 heteroatoms. The Morgan fingerprint density at radius 3 is 2.48 bits per heavy atom. The summed E-state index contributed by atoms with van der Waals surface area (Å²) in [5.74, 6) is 1.46. The summed E-state index contributed by atoms with van der Waals surface area (Å²) in [4.78, 5) is 11.4. The van der Waals surface area contributed by atoms with Crippen LogP contribution in [0, 0.1) is 25.2 Å². The van der Waals surface area contributed by atoms with Gasteiger partial charge in [0.05, 0.1) is 18.2 Å². The lowest BCUT2D eigenvalue weighted by Gasteiger charge is -2.20. The molecule has 4 aromatic rings. The van der Waals surface area contributed by atoms with Gasteiger partial charge < -0.3 is 29.2 Å². The number of ether oxygens (including phenoxy) is 4. The summed E-state index contributed by atoms with van der Waals surface area (Å²) < 4.78 is 24.0. The fraction of sp³-hybridized carbons (Fsp3) is 0.257. The Bertz CT molecular complexity index is 1700. The van der Waals surface area contributed by atoms with Gasteiger partial charge in [-0.15, -0.1) is 0 Å². The van der Waals surface area contributed by atoms with Crippen molar-refractivity contribution in [1.82, 2.24) is 5.32 Å². The largest absolute Gasteiger partial charge is 0.488 e.